The summed E-state index contributed by atoms with van der Waals surface area (Å²) in [6, 6.07) is 2.09. The number of thiophene rings is 1. The average molecular weight is 331 g/mol. The fourth-order valence-corrected chi connectivity index (χ4v) is 5.00. The molecule has 1 aliphatic carbocycles. The number of aryl methyl sites for hydroxylation is 1. The zero-order valence-corrected chi connectivity index (χ0v) is 14.1. The van der Waals surface area contributed by atoms with Crippen molar-refractivity contribution >= 4 is 33.3 Å². The van der Waals surface area contributed by atoms with Gasteiger partial charge in [-0.1, -0.05) is 24.8 Å². The first-order valence-corrected chi connectivity index (χ1v) is 9.11. The molecule has 0 spiro atoms. The first kappa shape index (κ1) is 15.3. The summed E-state index contributed by atoms with van der Waals surface area (Å²) >= 11 is 2.96. The predicted molar refractivity (Wildman–Crippen MR) is 91.6 cm³/mol. The molecule has 1 aliphatic rings. The number of hydrogen-bond donors (Lipinski definition) is 0. The van der Waals surface area contributed by atoms with Crippen molar-refractivity contribution in [3.8, 4) is 6.07 Å². The van der Waals surface area contributed by atoms with E-state index in [0.29, 0.717) is 17.6 Å². The molecule has 6 heteroatoms. The van der Waals surface area contributed by atoms with E-state index >= 15 is 0 Å². The maximum Gasteiger partial charge on any atom is 0.263 e. The van der Waals surface area contributed by atoms with Crippen molar-refractivity contribution in [1.29, 1.82) is 5.26 Å². The molecule has 4 nitrogen and oxygen atoms in total. The van der Waals surface area contributed by atoms with Crippen molar-refractivity contribution in [2.24, 2.45) is 5.92 Å². The molecule has 114 valence electrons. The summed E-state index contributed by atoms with van der Waals surface area (Å²) < 4.78 is 1.64. The number of fused-ring (bicyclic) bond motifs is 3. The first-order chi connectivity index (χ1) is 10.7. The van der Waals surface area contributed by atoms with Gasteiger partial charge < -0.3 is 0 Å². The van der Waals surface area contributed by atoms with Crippen LogP contribution < -0.4 is 5.56 Å². The Kier molecular flexibility index (Phi) is 4.37. The van der Waals surface area contributed by atoms with Crippen molar-refractivity contribution in [2.45, 2.75) is 37.9 Å². The normalized spacial score (nSPS) is 17.2. The molecule has 0 fully saturated rings. The minimum Gasteiger partial charge on any atom is -0.283 e. The lowest BCUT2D eigenvalue weighted by molar-refractivity contribution is 0.509. The average Bonchev–Trinajstić information content (AvgIpc) is 2.85. The van der Waals surface area contributed by atoms with Crippen LogP contribution in [0.15, 0.2) is 22.6 Å². The highest BCUT2D eigenvalue weighted by atomic mass is 32.2. The zero-order valence-electron chi connectivity index (χ0n) is 12.5. The van der Waals surface area contributed by atoms with Crippen molar-refractivity contribution in [3.63, 3.8) is 0 Å². The van der Waals surface area contributed by atoms with Gasteiger partial charge in [-0.3, -0.25) is 9.36 Å². The number of hydrogen-bond acceptors (Lipinski definition) is 5. The van der Waals surface area contributed by atoms with Gasteiger partial charge in [0, 0.05) is 11.4 Å². The van der Waals surface area contributed by atoms with E-state index in [1.165, 1.54) is 22.2 Å². The molecular formula is C16H17N3OS2. The second kappa shape index (κ2) is 6.27. The molecule has 0 aliphatic heterocycles. The van der Waals surface area contributed by atoms with Crippen molar-refractivity contribution in [1.82, 2.24) is 9.55 Å². The second-order valence-electron chi connectivity index (χ2n) is 5.58. The quantitative estimate of drug-likeness (QED) is 0.489. The summed E-state index contributed by atoms with van der Waals surface area (Å²) in [6.45, 7) is 6.41. The predicted octanol–water partition coefficient (Wildman–Crippen LogP) is 3.38. The van der Waals surface area contributed by atoms with E-state index in [1.807, 2.05) is 0 Å². The summed E-state index contributed by atoms with van der Waals surface area (Å²) in [4.78, 5) is 19.7. The lowest BCUT2D eigenvalue weighted by atomic mass is 9.89. The molecule has 0 bridgehead atoms. The molecule has 1 atom stereocenters. The van der Waals surface area contributed by atoms with Crippen LogP contribution in [0.4, 0.5) is 0 Å². The summed E-state index contributed by atoms with van der Waals surface area (Å²) in [6.07, 6.45) is 4.83. The highest BCUT2D eigenvalue weighted by Gasteiger charge is 2.24. The molecule has 0 saturated carbocycles. The molecule has 2 aromatic heterocycles. The van der Waals surface area contributed by atoms with E-state index in [9.17, 15) is 4.79 Å². The second-order valence-corrected chi connectivity index (χ2v) is 7.60. The van der Waals surface area contributed by atoms with Gasteiger partial charge in [0.05, 0.1) is 17.2 Å². The summed E-state index contributed by atoms with van der Waals surface area (Å²) in [5.74, 6) is 0.959. The highest BCUT2D eigenvalue weighted by molar-refractivity contribution is 7.99. The Labute approximate surface area is 137 Å². The Morgan fingerprint density at radius 2 is 2.45 bits per heavy atom. The van der Waals surface area contributed by atoms with Gasteiger partial charge in [-0.15, -0.1) is 17.9 Å². The van der Waals surface area contributed by atoms with E-state index in [-0.39, 0.29) is 11.3 Å². The van der Waals surface area contributed by atoms with Crippen LogP contribution in [0.3, 0.4) is 0 Å². The molecule has 0 amide bonds. The smallest absolute Gasteiger partial charge is 0.263 e. The van der Waals surface area contributed by atoms with E-state index in [4.69, 9.17) is 5.26 Å². The monoisotopic (exact) mass is 331 g/mol. The topological polar surface area (TPSA) is 58.7 Å². The van der Waals surface area contributed by atoms with E-state index in [1.54, 1.807) is 22.0 Å². The van der Waals surface area contributed by atoms with Crippen molar-refractivity contribution in [2.75, 3.05) is 5.75 Å². The standard InChI is InChI=1S/C16H17N3OS2/c1-3-7-19-15(20)13-11-5-4-10(2)9-12(11)22-14(13)18-16(19)21-8-6-17/h3,10H,1,4-5,7-9H2,2H3. The SMILES string of the molecule is C=CCn1c(SCC#N)nc2sc3c(c2c1=O)CCC(C)C3. The number of nitriles is 1. The largest absolute Gasteiger partial charge is 0.283 e. The number of allylic oxidation sites excluding steroid dienone is 1. The van der Waals surface area contributed by atoms with Crippen LogP contribution in [0, 0.1) is 17.2 Å². The van der Waals surface area contributed by atoms with E-state index < -0.39 is 0 Å². The Bertz CT molecular complexity index is 828. The van der Waals surface area contributed by atoms with Crippen LogP contribution in [-0.4, -0.2) is 15.3 Å². The molecule has 1 unspecified atom stereocenters. The highest BCUT2D eigenvalue weighted by Crippen LogP contribution is 2.36. The lowest BCUT2D eigenvalue weighted by Gasteiger charge is -2.17. The molecule has 0 saturated heterocycles. The van der Waals surface area contributed by atoms with Crippen molar-refractivity contribution in [3.05, 3.63) is 33.4 Å². The van der Waals surface area contributed by atoms with Crippen LogP contribution in [0.5, 0.6) is 0 Å². The van der Waals surface area contributed by atoms with Gasteiger partial charge in [0.2, 0.25) is 0 Å². The molecule has 22 heavy (non-hydrogen) atoms. The van der Waals surface area contributed by atoms with Crippen LogP contribution in [-0.2, 0) is 19.4 Å². The summed E-state index contributed by atoms with van der Waals surface area (Å²) in [5, 5.41) is 10.2. The fraction of sp³-hybridized carbons (Fsp3) is 0.438. The van der Waals surface area contributed by atoms with Gasteiger partial charge in [-0.2, -0.15) is 5.26 Å². The summed E-state index contributed by atoms with van der Waals surface area (Å²) in [5.41, 5.74) is 1.21. The Balaban J connectivity index is 2.22. The van der Waals surface area contributed by atoms with Crippen LogP contribution in [0.1, 0.15) is 23.8 Å². The third-order valence-electron chi connectivity index (χ3n) is 3.96. The van der Waals surface area contributed by atoms with Gasteiger partial charge in [0.1, 0.15) is 4.83 Å². The Morgan fingerprint density at radius 3 is 3.18 bits per heavy atom. The van der Waals surface area contributed by atoms with E-state index in [2.05, 4.69) is 24.6 Å². The number of aromatic nitrogens is 2. The van der Waals surface area contributed by atoms with Crippen LogP contribution in [0.2, 0.25) is 0 Å². The molecule has 0 aromatic carbocycles. The number of nitrogens with zero attached hydrogens (tertiary/aromatic N) is 3. The first-order valence-electron chi connectivity index (χ1n) is 7.31. The molecule has 0 N–H and O–H groups in total. The maximum atomic E-state index is 12.9. The number of rotatable bonds is 4. The van der Waals surface area contributed by atoms with Crippen molar-refractivity contribution < 1.29 is 0 Å². The third kappa shape index (κ3) is 2.59. The van der Waals surface area contributed by atoms with Gasteiger partial charge in [-0.05, 0) is 30.7 Å². The van der Waals surface area contributed by atoms with Crippen LogP contribution >= 0.6 is 23.1 Å². The van der Waals surface area contributed by atoms with E-state index in [0.717, 1.165) is 29.5 Å². The molecule has 2 heterocycles. The molecule has 3 rings (SSSR count). The molecule has 0 radical (unpaired) electrons. The minimum absolute atomic E-state index is 0.0115. The van der Waals surface area contributed by atoms with Gasteiger partial charge in [-0.25, -0.2) is 4.98 Å². The Morgan fingerprint density at radius 1 is 1.64 bits per heavy atom. The van der Waals surface area contributed by atoms with Crippen LogP contribution in [0.25, 0.3) is 10.2 Å². The summed E-state index contributed by atoms with van der Waals surface area (Å²) in [7, 11) is 0. The Hall–Kier alpha value is -1.58. The van der Waals surface area contributed by atoms with Gasteiger partial charge in [0.15, 0.2) is 5.16 Å². The zero-order chi connectivity index (χ0) is 15.7. The van der Waals surface area contributed by atoms with Gasteiger partial charge >= 0.3 is 0 Å². The minimum atomic E-state index is 0.0115. The molecular weight excluding hydrogens is 314 g/mol. The van der Waals surface area contributed by atoms with Gasteiger partial charge in [0.25, 0.3) is 5.56 Å². The fourth-order valence-electron chi connectivity index (χ4n) is 2.90. The number of thioether (sulfide) groups is 1. The third-order valence-corrected chi connectivity index (χ3v) is 5.95. The lowest BCUT2D eigenvalue weighted by Crippen LogP contribution is -2.23. The molecule has 2 aromatic rings. The maximum absolute atomic E-state index is 12.9.